The summed E-state index contributed by atoms with van der Waals surface area (Å²) in [6.07, 6.45) is 5.64. The van der Waals surface area contributed by atoms with Crippen LogP contribution >= 0.6 is 23.5 Å². The number of hydrogen-bond donors (Lipinski definition) is 2. The standard InChI is InChI=1S/C24H23N3O4S2/c1-16-8-5-6-12-26(16)13-7-9-17-14-33-23-20(22(29)27(23)21(17)24(30)31)25-19(28)15-32-18-10-3-2-4-11-18/h2-12,20,23H,13-15H2,1H3,(H-,25,28,30,31)/p+1. The fourth-order valence-electron chi connectivity index (χ4n) is 3.73. The van der Waals surface area contributed by atoms with E-state index in [-0.39, 0.29) is 23.3 Å². The monoisotopic (exact) mass is 482 g/mol. The van der Waals surface area contributed by atoms with Crippen LogP contribution in [0.1, 0.15) is 5.69 Å². The van der Waals surface area contributed by atoms with Gasteiger partial charge in [0, 0.05) is 29.7 Å². The summed E-state index contributed by atoms with van der Waals surface area (Å²) in [5, 5.41) is 12.2. The van der Waals surface area contributed by atoms with Gasteiger partial charge in [0.1, 0.15) is 17.1 Å². The number of amides is 2. The molecule has 2 unspecified atom stereocenters. The van der Waals surface area contributed by atoms with Crippen molar-refractivity contribution in [1.29, 1.82) is 0 Å². The number of carbonyl (C=O) groups excluding carboxylic acids is 2. The fourth-order valence-corrected chi connectivity index (χ4v) is 5.78. The van der Waals surface area contributed by atoms with Crippen LogP contribution in [0.4, 0.5) is 0 Å². The van der Waals surface area contributed by atoms with Gasteiger partial charge in [-0.1, -0.05) is 30.3 Å². The van der Waals surface area contributed by atoms with Crippen LogP contribution < -0.4 is 9.88 Å². The molecule has 0 bridgehead atoms. The number of nitrogens with zero attached hydrogens (tertiary/aromatic N) is 2. The maximum absolute atomic E-state index is 12.8. The summed E-state index contributed by atoms with van der Waals surface area (Å²) in [5.41, 5.74) is 1.68. The van der Waals surface area contributed by atoms with Gasteiger partial charge in [-0.25, -0.2) is 4.79 Å². The first-order chi connectivity index (χ1) is 16.0. The first-order valence-electron chi connectivity index (χ1n) is 10.5. The molecule has 3 heterocycles. The lowest BCUT2D eigenvalue weighted by Crippen LogP contribution is -2.70. The van der Waals surface area contributed by atoms with Gasteiger partial charge in [-0.05, 0) is 23.8 Å². The number of pyridine rings is 1. The van der Waals surface area contributed by atoms with E-state index in [1.54, 1.807) is 6.08 Å². The number of nitrogens with one attached hydrogen (secondary N) is 1. The smallest absolute Gasteiger partial charge is 0.352 e. The van der Waals surface area contributed by atoms with Gasteiger partial charge in [-0.3, -0.25) is 14.5 Å². The Balaban J connectivity index is 1.40. The van der Waals surface area contributed by atoms with Crippen molar-refractivity contribution in [3.8, 4) is 0 Å². The summed E-state index contributed by atoms with van der Waals surface area (Å²) < 4.78 is 2.05. The number of carboxylic acids is 1. The highest BCUT2D eigenvalue weighted by Gasteiger charge is 2.53. The first-order valence-corrected chi connectivity index (χ1v) is 12.5. The normalized spacial score (nSPS) is 19.9. The molecule has 2 aliphatic heterocycles. The highest BCUT2D eigenvalue weighted by Crippen LogP contribution is 2.40. The third-order valence-corrected chi connectivity index (χ3v) is 7.73. The van der Waals surface area contributed by atoms with Crippen molar-refractivity contribution in [2.75, 3.05) is 11.5 Å². The summed E-state index contributed by atoms with van der Waals surface area (Å²) in [7, 11) is 0. The predicted octanol–water partition coefficient (Wildman–Crippen LogP) is 2.37. The molecule has 0 aliphatic carbocycles. The van der Waals surface area contributed by atoms with Gasteiger partial charge in [0.15, 0.2) is 18.4 Å². The van der Waals surface area contributed by atoms with Gasteiger partial charge in [-0.2, -0.15) is 4.57 Å². The van der Waals surface area contributed by atoms with Gasteiger partial charge in [0.05, 0.1) is 5.75 Å². The average molecular weight is 483 g/mol. The highest BCUT2D eigenvalue weighted by atomic mass is 32.2. The third kappa shape index (κ3) is 5.15. The Morgan fingerprint density at radius 3 is 2.73 bits per heavy atom. The van der Waals surface area contributed by atoms with Gasteiger partial charge in [0.25, 0.3) is 5.91 Å². The molecule has 1 aromatic carbocycles. The average Bonchev–Trinajstić information content (AvgIpc) is 2.82. The van der Waals surface area contributed by atoms with E-state index in [0.29, 0.717) is 17.9 Å². The number of carbonyl (C=O) groups is 3. The summed E-state index contributed by atoms with van der Waals surface area (Å²) in [5.74, 6) is -1.12. The molecule has 1 aromatic heterocycles. The molecule has 2 N–H and O–H groups in total. The number of aliphatic carboxylic acids is 1. The Hall–Kier alpha value is -3.04. The Morgan fingerprint density at radius 2 is 2.00 bits per heavy atom. The van der Waals surface area contributed by atoms with Crippen LogP contribution in [0, 0.1) is 6.92 Å². The summed E-state index contributed by atoms with van der Waals surface area (Å²) in [4.78, 5) is 39.4. The van der Waals surface area contributed by atoms with Crippen LogP contribution in [-0.4, -0.2) is 50.7 Å². The van der Waals surface area contributed by atoms with E-state index in [1.165, 1.54) is 28.4 Å². The van der Waals surface area contributed by atoms with Crippen LogP contribution in [-0.2, 0) is 20.9 Å². The lowest BCUT2D eigenvalue weighted by atomic mass is 10.0. The third-order valence-electron chi connectivity index (χ3n) is 5.42. The molecule has 170 valence electrons. The van der Waals surface area contributed by atoms with E-state index in [1.807, 2.05) is 72.3 Å². The molecule has 4 rings (SSSR count). The number of carboxylic acid groups (broad SMARTS) is 1. The van der Waals surface area contributed by atoms with E-state index < -0.39 is 17.4 Å². The molecule has 2 aliphatic rings. The van der Waals surface area contributed by atoms with Crippen LogP contribution in [0.2, 0.25) is 0 Å². The van der Waals surface area contributed by atoms with E-state index >= 15 is 0 Å². The molecule has 33 heavy (non-hydrogen) atoms. The lowest BCUT2D eigenvalue weighted by Gasteiger charge is -2.49. The number of β-lactam (4-membered cyclic amide) rings is 1. The number of thioether (sulfide) groups is 2. The van der Waals surface area contributed by atoms with Crippen molar-refractivity contribution in [1.82, 2.24) is 10.2 Å². The molecule has 0 saturated carbocycles. The van der Waals surface area contributed by atoms with Crippen LogP contribution in [0.25, 0.3) is 0 Å². The van der Waals surface area contributed by atoms with Crippen molar-refractivity contribution >= 4 is 41.3 Å². The number of aromatic nitrogens is 1. The number of benzene rings is 1. The Labute approximate surface area is 200 Å². The van der Waals surface area contributed by atoms with E-state index in [2.05, 4.69) is 5.32 Å². The minimum Gasteiger partial charge on any atom is -0.477 e. The highest BCUT2D eigenvalue weighted by molar-refractivity contribution is 8.00. The van der Waals surface area contributed by atoms with Crippen molar-refractivity contribution in [2.24, 2.45) is 0 Å². The fraction of sp³-hybridized carbons (Fsp3) is 0.250. The number of rotatable bonds is 8. The van der Waals surface area contributed by atoms with Crippen LogP contribution in [0.15, 0.2) is 83.0 Å². The van der Waals surface area contributed by atoms with Crippen molar-refractivity contribution in [2.45, 2.75) is 29.8 Å². The van der Waals surface area contributed by atoms with E-state index in [0.717, 1.165) is 10.6 Å². The Kier molecular flexibility index (Phi) is 7.20. The number of aryl methyl sites for hydroxylation is 1. The summed E-state index contributed by atoms with van der Waals surface area (Å²) in [6.45, 7) is 2.60. The molecule has 1 saturated heterocycles. The second kappa shape index (κ2) is 10.3. The molecule has 9 heteroatoms. The molecule has 0 radical (unpaired) electrons. The second-order valence-electron chi connectivity index (χ2n) is 7.63. The molecule has 2 aromatic rings. The molecular formula is C24H24N3O4S2+. The van der Waals surface area contributed by atoms with Gasteiger partial charge < -0.3 is 10.4 Å². The zero-order valence-corrected chi connectivity index (χ0v) is 19.6. The van der Waals surface area contributed by atoms with Crippen LogP contribution in [0.5, 0.6) is 0 Å². The quantitative estimate of drug-likeness (QED) is 0.341. The van der Waals surface area contributed by atoms with Crippen molar-refractivity contribution in [3.63, 3.8) is 0 Å². The van der Waals surface area contributed by atoms with Crippen molar-refractivity contribution in [3.05, 3.63) is 83.8 Å². The number of allylic oxidation sites excluding steroid dienone is 2. The molecular weight excluding hydrogens is 458 g/mol. The lowest BCUT2D eigenvalue weighted by molar-refractivity contribution is -0.693. The number of fused-ring (bicyclic) bond motifs is 1. The molecule has 2 atom stereocenters. The van der Waals surface area contributed by atoms with Gasteiger partial charge in [-0.15, -0.1) is 23.5 Å². The van der Waals surface area contributed by atoms with E-state index in [4.69, 9.17) is 0 Å². The minimum absolute atomic E-state index is 0.000979. The largest absolute Gasteiger partial charge is 0.477 e. The maximum atomic E-state index is 12.8. The Morgan fingerprint density at radius 1 is 1.24 bits per heavy atom. The SMILES string of the molecule is Cc1cccc[n+]1CC=CC1=C(C(=O)O)N2C(=O)C(NC(=O)CSc3ccccc3)C2SC1. The topological polar surface area (TPSA) is 90.6 Å². The molecule has 7 nitrogen and oxygen atoms in total. The zero-order chi connectivity index (χ0) is 23.4. The molecule has 0 spiro atoms. The minimum atomic E-state index is -1.14. The predicted molar refractivity (Wildman–Crippen MR) is 127 cm³/mol. The maximum Gasteiger partial charge on any atom is 0.352 e. The second-order valence-corrected chi connectivity index (χ2v) is 9.79. The molecule has 1 fully saturated rings. The zero-order valence-electron chi connectivity index (χ0n) is 18.0. The Bertz CT molecular complexity index is 1130. The van der Waals surface area contributed by atoms with Gasteiger partial charge in [0.2, 0.25) is 5.91 Å². The number of hydrogen-bond acceptors (Lipinski definition) is 5. The van der Waals surface area contributed by atoms with Crippen LogP contribution in [0.3, 0.4) is 0 Å². The molecule has 2 amide bonds. The van der Waals surface area contributed by atoms with E-state index in [9.17, 15) is 19.5 Å². The summed E-state index contributed by atoms with van der Waals surface area (Å²) in [6, 6.07) is 14.7. The first kappa shape index (κ1) is 23.1. The van der Waals surface area contributed by atoms with Gasteiger partial charge >= 0.3 is 5.97 Å². The summed E-state index contributed by atoms with van der Waals surface area (Å²) >= 11 is 2.86. The van der Waals surface area contributed by atoms with Crippen molar-refractivity contribution < 1.29 is 24.1 Å².